The number of imidazole rings is 1. The van der Waals surface area contributed by atoms with Gasteiger partial charge < -0.3 is 9.30 Å². The Morgan fingerprint density at radius 1 is 1.20 bits per heavy atom. The number of benzene rings is 1. The maximum atomic E-state index is 12.7. The number of halogens is 3. The Morgan fingerprint density at radius 3 is 2.63 bits per heavy atom. The molecule has 0 saturated carbocycles. The van der Waals surface area contributed by atoms with E-state index in [1.807, 2.05) is 0 Å². The molecule has 2 aromatic heterocycles. The van der Waals surface area contributed by atoms with Crippen LogP contribution in [0.4, 0.5) is 13.2 Å². The van der Waals surface area contributed by atoms with Gasteiger partial charge in [-0.15, -0.1) is 11.8 Å². The van der Waals surface area contributed by atoms with Crippen LogP contribution in [0.15, 0.2) is 45.1 Å². The van der Waals surface area contributed by atoms with E-state index in [4.69, 9.17) is 4.74 Å². The lowest BCUT2D eigenvalue weighted by molar-refractivity contribution is -0.143. The molecule has 3 aromatic rings. The first-order valence-corrected chi connectivity index (χ1v) is 9.64. The van der Waals surface area contributed by atoms with Gasteiger partial charge in [-0.05, 0) is 18.2 Å². The van der Waals surface area contributed by atoms with Gasteiger partial charge in [0.1, 0.15) is 13.2 Å². The van der Waals surface area contributed by atoms with E-state index in [9.17, 15) is 27.6 Å². The molecule has 160 valence electrons. The SMILES string of the molecule is Cn1c(=O)c2c(ncn2CC(=O)OCCSc2cccc(C(F)(F)F)c2)n(C)c1=O. The van der Waals surface area contributed by atoms with Crippen LogP contribution in [0, 0.1) is 0 Å². The van der Waals surface area contributed by atoms with Crippen molar-refractivity contribution in [1.82, 2.24) is 18.7 Å². The minimum absolute atomic E-state index is 0.0249. The van der Waals surface area contributed by atoms with Gasteiger partial charge in [-0.3, -0.25) is 18.7 Å². The molecule has 0 aliphatic carbocycles. The average Bonchev–Trinajstić information content (AvgIpc) is 3.11. The lowest BCUT2D eigenvalue weighted by Gasteiger charge is -2.09. The Labute approximate surface area is 171 Å². The van der Waals surface area contributed by atoms with Crippen molar-refractivity contribution in [3.8, 4) is 0 Å². The molecule has 3 rings (SSSR count). The number of thioether (sulfide) groups is 1. The van der Waals surface area contributed by atoms with E-state index in [0.717, 1.165) is 28.5 Å². The van der Waals surface area contributed by atoms with Crippen LogP contribution in [0.25, 0.3) is 11.2 Å². The zero-order valence-corrected chi connectivity index (χ0v) is 16.8. The average molecular weight is 442 g/mol. The summed E-state index contributed by atoms with van der Waals surface area (Å²) in [7, 11) is 2.79. The van der Waals surface area contributed by atoms with Crippen LogP contribution >= 0.6 is 11.8 Å². The second-order valence-electron chi connectivity index (χ2n) is 6.34. The predicted octanol–water partition coefficient (Wildman–Crippen LogP) is 1.79. The van der Waals surface area contributed by atoms with Crippen molar-refractivity contribution >= 4 is 28.9 Å². The summed E-state index contributed by atoms with van der Waals surface area (Å²) in [4.78, 5) is 40.8. The van der Waals surface area contributed by atoms with Crippen LogP contribution in [0.3, 0.4) is 0 Å². The highest BCUT2D eigenvalue weighted by atomic mass is 32.2. The second kappa shape index (κ2) is 8.38. The van der Waals surface area contributed by atoms with Crippen molar-refractivity contribution in [2.75, 3.05) is 12.4 Å². The van der Waals surface area contributed by atoms with Gasteiger partial charge in [-0.25, -0.2) is 9.78 Å². The number of hydrogen-bond acceptors (Lipinski definition) is 6. The lowest BCUT2D eigenvalue weighted by Crippen LogP contribution is -2.37. The molecule has 0 unspecified atom stereocenters. The molecule has 0 saturated heterocycles. The molecule has 0 aliphatic rings. The quantitative estimate of drug-likeness (QED) is 0.329. The summed E-state index contributed by atoms with van der Waals surface area (Å²) in [5.41, 5.74) is -1.62. The molecule has 0 amide bonds. The van der Waals surface area contributed by atoms with Gasteiger partial charge >= 0.3 is 17.8 Å². The molecule has 0 aliphatic heterocycles. The van der Waals surface area contributed by atoms with Crippen molar-refractivity contribution in [3.63, 3.8) is 0 Å². The van der Waals surface area contributed by atoms with Gasteiger partial charge in [0.15, 0.2) is 11.2 Å². The fraction of sp³-hybridized carbons (Fsp3) is 0.333. The van der Waals surface area contributed by atoms with E-state index in [1.54, 1.807) is 6.07 Å². The number of fused-ring (bicyclic) bond motifs is 1. The van der Waals surface area contributed by atoms with Gasteiger partial charge in [0.2, 0.25) is 0 Å². The van der Waals surface area contributed by atoms with Crippen molar-refractivity contribution in [2.24, 2.45) is 14.1 Å². The fourth-order valence-corrected chi connectivity index (χ4v) is 3.57. The zero-order valence-electron chi connectivity index (χ0n) is 16.0. The second-order valence-corrected chi connectivity index (χ2v) is 7.51. The molecule has 0 atom stereocenters. The van der Waals surface area contributed by atoms with Gasteiger partial charge in [0, 0.05) is 24.7 Å². The number of aromatic nitrogens is 4. The third-order valence-corrected chi connectivity index (χ3v) is 5.25. The van der Waals surface area contributed by atoms with E-state index in [-0.39, 0.29) is 30.1 Å². The zero-order chi connectivity index (χ0) is 22.1. The maximum absolute atomic E-state index is 12.7. The first-order chi connectivity index (χ1) is 14.1. The van der Waals surface area contributed by atoms with Crippen LogP contribution in [-0.2, 0) is 36.3 Å². The number of carbonyl (C=O) groups is 1. The molecule has 0 fully saturated rings. The molecule has 0 radical (unpaired) electrons. The van der Waals surface area contributed by atoms with Gasteiger partial charge in [-0.1, -0.05) is 6.07 Å². The number of alkyl halides is 3. The van der Waals surface area contributed by atoms with Crippen molar-refractivity contribution in [3.05, 3.63) is 57.0 Å². The number of rotatable bonds is 6. The van der Waals surface area contributed by atoms with Gasteiger partial charge in [0.25, 0.3) is 5.56 Å². The number of aryl methyl sites for hydroxylation is 1. The summed E-state index contributed by atoms with van der Waals surface area (Å²) in [6.45, 7) is -0.318. The Kier molecular flexibility index (Phi) is 6.06. The predicted molar refractivity (Wildman–Crippen MR) is 103 cm³/mol. The smallest absolute Gasteiger partial charge is 0.416 e. The van der Waals surface area contributed by atoms with Crippen LogP contribution in [0.2, 0.25) is 0 Å². The number of esters is 1. The highest BCUT2D eigenvalue weighted by molar-refractivity contribution is 7.99. The Bertz CT molecular complexity index is 1210. The Hall–Kier alpha value is -3.02. The standard InChI is InChI=1S/C18H17F3N4O4S/c1-23-15-14(16(27)24(2)17(23)28)25(10-22-15)9-13(26)29-6-7-30-12-5-3-4-11(8-12)18(19,20)21/h3-5,8,10H,6-7,9H2,1-2H3. The highest BCUT2D eigenvalue weighted by Crippen LogP contribution is 2.31. The Morgan fingerprint density at radius 2 is 1.93 bits per heavy atom. The van der Waals surface area contributed by atoms with Crippen molar-refractivity contribution in [2.45, 2.75) is 17.6 Å². The van der Waals surface area contributed by atoms with E-state index in [0.29, 0.717) is 4.90 Å². The summed E-state index contributed by atoms with van der Waals surface area (Å²) < 4.78 is 46.7. The first kappa shape index (κ1) is 21.7. The molecule has 12 heteroatoms. The molecule has 30 heavy (non-hydrogen) atoms. The minimum atomic E-state index is -4.42. The van der Waals surface area contributed by atoms with E-state index >= 15 is 0 Å². The van der Waals surface area contributed by atoms with Gasteiger partial charge in [-0.2, -0.15) is 13.2 Å². The monoisotopic (exact) mass is 442 g/mol. The molecule has 0 N–H and O–H groups in total. The summed E-state index contributed by atoms with van der Waals surface area (Å²) in [6.07, 6.45) is -3.15. The number of carbonyl (C=O) groups excluding carboxylic acids is 1. The van der Waals surface area contributed by atoms with Gasteiger partial charge in [0.05, 0.1) is 11.9 Å². The maximum Gasteiger partial charge on any atom is 0.416 e. The number of hydrogen-bond donors (Lipinski definition) is 0. The molecule has 2 heterocycles. The fourth-order valence-electron chi connectivity index (χ4n) is 2.78. The normalized spacial score (nSPS) is 11.8. The summed E-state index contributed by atoms with van der Waals surface area (Å²) in [5, 5.41) is 0. The molecular formula is C18H17F3N4O4S. The van der Waals surface area contributed by atoms with E-state index < -0.39 is 29.0 Å². The summed E-state index contributed by atoms with van der Waals surface area (Å²) >= 11 is 1.12. The third kappa shape index (κ3) is 4.42. The number of ether oxygens (including phenoxy) is 1. The largest absolute Gasteiger partial charge is 0.463 e. The number of nitrogens with zero attached hydrogens (tertiary/aromatic N) is 4. The van der Waals surface area contributed by atoms with Crippen LogP contribution in [0.5, 0.6) is 0 Å². The lowest BCUT2D eigenvalue weighted by atomic mass is 10.2. The third-order valence-electron chi connectivity index (χ3n) is 4.29. The van der Waals surface area contributed by atoms with E-state index in [2.05, 4.69) is 4.98 Å². The summed E-state index contributed by atoms with van der Waals surface area (Å²) in [6, 6.07) is 4.87. The summed E-state index contributed by atoms with van der Waals surface area (Å²) in [5.74, 6) is -0.386. The topological polar surface area (TPSA) is 88.1 Å². The molecule has 0 bridgehead atoms. The molecule has 0 spiro atoms. The van der Waals surface area contributed by atoms with Crippen molar-refractivity contribution in [1.29, 1.82) is 0 Å². The minimum Gasteiger partial charge on any atom is -0.463 e. The highest BCUT2D eigenvalue weighted by Gasteiger charge is 2.30. The van der Waals surface area contributed by atoms with Crippen LogP contribution in [0.1, 0.15) is 5.56 Å². The van der Waals surface area contributed by atoms with E-state index in [1.165, 1.54) is 35.6 Å². The molecular weight excluding hydrogens is 425 g/mol. The van der Waals surface area contributed by atoms with Crippen LogP contribution in [-0.4, -0.2) is 37.0 Å². The Balaban J connectivity index is 1.60. The first-order valence-electron chi connectivity index (χ1n) is 8.66. The van der Waals surface area contributed by atoms with Crippen LogP contribution < -0.4 is 11.2 Å². The van der Waals surface area contributed by atoms with Crippen molar-refractivity contribution < 1.29 is 22.7 Å². The molecule has 1 aromatic carbocycles. The molecule has 8 nitrogen and oxygen atoms in total.